The Labute approximate surface area is 192 Å². The highest BCUT2D eigenvalue weighted by molar-refractivity contribution is 6.76. The summed E-state index contributed by atoms with van der Waals surface area (Å²) < 4.78 is 53.8. The first-order valence-corrected chi connectivity index (χ1v) is 14.7. The molecule has 2 aromatic rings. The molecule has 182 valence electrons. The molecule has 0 amide bonds. The van der Waals surface area contributed by atoms with E-state index in [-0.39, 0.29) is 25.1 Å². The van der Waals surface area contributed by atoms with Gasteiger partial charge in [-0.25, -0.2) is 4.68 Å². The third-order valence-corrected chi connectivity index (χ3v) is 7.21. The van der Waals surface area contributed by atoms with E-state index in [0.29, 0.717) is 37.4 Å². The Kier molecular flexibility index (Phi) is 7.73. The molecule has 0 bridgehead atoms. The number of rotatable bonds is 9. The average molecular weight is 485 g/mol. The van der Waals surface area contributed by atoms with Crippen LogP contribution in [0.1, 0.15) is 18.4 Å². The molecule has 0 radical (unpaired) electrons. The van der Waals surface area contributed by atoms with Gasteiger partial charge in [-0.1, -0.05) is 25.7 Å². The lowest BCUT2D eigenvalue weighted by molar-refractivity contribution is -0.138. The second-order valence-electron chi connectivity index (χ2n) is 9.43. The van der Waals surface area contributed by atoms with Crippen LogP contribution in [0.5, 0.6) is 5.75 Å². The third kappa shape index (κ3) is 6.73. The molecule has 1 aliphatic heterocycles. The monoisotopic (exact) mass is 484 g/mol. The minimum absolute atomic E-state index is 0.170. The van der Waals surface area contributed by atoms with E-state index in [1.165, 1.54) is 0 Å². The quantitative estimate of drug-likeness (QED) is 0.326. The summed E-state index contributed by atoms with van der Waals surface area (Å²) in [4.78, 5) is 14.3. The van der Waals surface area contributed by atoms with Gasteiger partial charge in [0.05, 0.1) is 17.9 Å². The SMILES string of the molecule is C[Si](C)(C)CCOCn1ncc(N2CCC[C@H]2COc2cccc(N)c2)c(C(F)(F)F)c1=O. The van der Waals surface area contributed by atoms with E-state index in [1.54, 1.807) is 29.2 Å². The van der Waals surface area contributed by atoms with E-state index in [2.05, 4.69) is 24.7 Å². The van der Waals surface area contributed by atoms with Gasteiger partial charge in [-0.2, -0.15) is 18.3 Å². The first-order chi connectivity index (χ1) is 15.5. The highest BCUT2D eigenvalue weighted by atomic mass is 28.3. The molecule has 33 heavy (non-hydrogen) atoms. The van der Waals surface area contributed by atoms with Crippen LogP contribution in [0.15, 0.2) is 35.3 Å². The van der Waals surface area contributed by atoms with E-state index in [9.17, 15) is 18.0 Å². The van der Waals surface area contributed by atoms with Crippen molar-refractivity contribution in [1.82, 2.24) is 9.78 Å². The summed E-state index contributed by atoms with van der Waals surface area (Å²) in [5.74, 6) is 0.543. The molecular weight excluding hydrogens is 453 g/mol. The normalized spacial score (nSPS) is 16.9. The highest BCUT2D eigenvalue weighted by Crippen LogP contribution is 2.36. The van der Waals surface area contributed by atoms with Crippen molar-refractivity contribution < 1.29 is 22.6 Å². The van der Waals surface area contributed by atoms with Crippen LogP contribution in [0.25, 0.3) is 0 Å². The van der Waals surface area contributed by atoms with Crippen LogP contribution in [0.4, 0.5) is 24.5 Å². The van der Waals surface area contributed by atoms with Crippen LogP contribution in [0, 0.1) is 0 Å². The van der Waals surface area contributed by atoms with Crippen molar-refractivity contribution >= 4 is 19.4 Å². The van der Waals surface area contributed by atoms with Gasteiger partial charge in [0.15, 0.2) is 0 Å². The zero-order chi connectivity index (χ0) is 24.2. The van der Waals surface area contributed by atoms with Crippen molar-refractivity contribution in [3.8, 4) is 5.75 Å². The van der Waals surface area contributed by atoms with Gasteiger partial charge in [-0.15, -0.1) is 0 Å². The van der Waals surface area contributed by atoms with Crippen LogP contribution in [0.2, 0.25) is 25.7 Å². The number of hydrogen-bond acceptors (Lipinski definition) is 6. The van der Waals surface area contributed by atoms with E-state index < -0.39 is 25.4 Å². The van der Waals surface area contributed by atoms with E-state index in [4.69, 9.17) is 15.2 Å². The fraction of sp³-hybridized carbons (Fsp3) is 0.545. The number of alkyl halides is 3. The van der Waals surface area contributed by atoms with Crippen LogP contribution in [-0.2, 0) is 17.6 Å². The van der Waals surface area contributed by atoms with E-state index in [1.807, 2.05) is 0 Å². The van der Waals surface area contributed by atoms with Gasteiger partial charge >= 0.3 is 6.18 Å². The highest BCUT2D eigenvalue weighted by Gasteiger charge is 2.41. The summed E-state index contributed by atoms with van der Waals surface area (Å²) in [6, 6.07) is 7.38. The van der Waals surface area contributed by atoms with Crippen molar-refractivity contribution in [2.45, 2.75) is 57.5 Å². The predicted octanol–water partition coefficient (Wildman–Crippen LogP) is 4.20. The zero-order valence-electron chi connectivity index (χ0n) is 19.2. The molecule has 1 saturated heterocycles. The van der Waals surface area contributed by atoms with Crippen LogP contribution in [0.3, 0.4) is 0 Å². The fourth-order valence-electron chi connectivity index (χ4n) is 3.71. The zero-order valence-corrected chi connectivity index (χ0v) is 20.2. The topological polar surface area (TPSA) is 82.6 Å². The lowest BCUT2D eigenvalue weighted by atomic mass is 10.2. The molecule has 2 heterocycles. The molecule has 1 fully saturated rings. The minimum atomic E-state index is -4.82. The second-order valence-corrected chi connectivity index (χ2v) is 15.0. The number of hydrogen-bond donors (Lipinski definition) is 1. The molecule has 0 unspecified atom stereocenters. The average Bonchev–Trinajstić information content (AvgIpc) is 3.17. The molecular formula is C22H31F3N4O3Si. The van der Waals surface area contributed by atoms with Crippen molar-refractivity contribution in [1.29, 1.82) is 0 Å². The smallest absolute Gasteiger partial charge is 0.423 e. The number of aromatic nitrogens is 2. The molecule has 1 aromatic heterocycles. The van der Waals surface area contributed by atoms with Gasteiger partial charge in [-0.05, 0) is 31.0 Å². The third-order valence-electron chi connectivity index (χ3n) is 5.50. The summed E-state index contributed by atoms with van der Waals surface area (Å²) in [6.45, 7) is 7.12. The minimum Gasteiger partial charge on any atom is -0.491 e. The number of halogens is 3. The van der Waals surface area contributed by atoms with Crippen molar-refractivity contribution in [3.63, 3.8) is 0 Å². The van der Waals surface area contributed by atoms with Gasteiger partial charge in [0.25, 0.3) is 5.56 Å². The Morgan fingerprint density at radius 1 is 1.27 bits per heavy atom. The predicted molar refractivity (Wildman–Crippen MR) is 124 cm³/mol. The number of benzene rings is 1. The van der Waals surface area contributed by atoms with Gasteiger partial charge < -0.3 is 20.1 Å². The Bertz CT molecular complexity index is 1010. The number of nitrogens with zero attached hydrogens (tertiary/aromatic N) is 3. The molecule has 1 aliphatic rings. The molecule has 0 saturated carbocycles. The molecule has 1 atom stereocenters. The first-order valence-electron chi connectivity index (χ1n) is 11.0. The Hall–Kier alpha value is -2.53. The lowest BCUT2D eigenvalue weighted by Gasteiger charge is -2.29. The Morgan fingerprint density at radius 3 is 2.70 bits per heavy atom. The maximum Gasteiger partial charge on any atom is 0.423 e. The van der Waals surface area contributed by atoms with Crippen LogP contribution in [-0.4, -0.2) is 43.7 Å². The summed E-state index contributed by atoms with van der Waals surface area (Å²) in [6.07, 6.45) is -2.38. The van der Waals surface area contributed by atoms with Gasteiger partial charge in [0, 0.05) is 33.0 Å². The van der Waals surface area contributed by atoms with Gasteiger partial charge in [-0.3, -0.25) is 4.79 Å². The molecule has 3 rings (SSSR count). The van der Waals surface area contributed by atoms with Gasteiger partial charge in [0.2, 0.25) is 0 Å². The largest absolute Gasteiger partial charge is 0.491 e. The summed E-state index contributed by atoms with van der Waals surface area (Å²) >= 11 is 0. The van der Waals surface area contributed by atoms with Gasteiger partial charge in [0.1, 0.15) is 24.7 Å². The maximum absolute atomic E-state index is 14.0. The molecule has 1 aromatic carbocycles. The van der Waals surface area contributed by atoms with Crippen molar-refractivity contribution in [2.24, 2.45) is 0 Å². The van der Waals surface area contributed by atoms with Crippen molar-refractivity contribution in [2.75, 3.05) is 30.4 Å². The molecule has 7 nitrogen and oxygen atoms in total. The Balaban J connectivity index is 1.79. The standard InChI is InChI=1S/C22H31F3N4O3Si/c1-33(2,3)11-10-31-15-29-21(30)20(22(23,24)25)19(13-27-29)28-9-5-7-17(28)14-32-18-8-4-6-16(26)12-18/h4,6,8,12-13,17H,5,7,9-11,14-15,26H2,1-3H3/t17-/m0/s1. The number of nitrogen functional groups attached to an aromatic ring is 1. The fourth-order valence-corrected chi connectivity index (χ4v) is 4.47. The Morgan fingerprint density at radius 2 is 2.03 bits per heavy atom. The van der Waals surface area contributed by atoms with Crippen LogP contribution >= 0.6 is 0 Å². The molecule has 0 aliphatic carbocycles. The summed E-state index contributed by atoms with van der Waals surface area (Å²) in [5, 5.41) is 3.99. The summed E-state index contributed by atoms with van der Waals surface area (Å²) in [5.41, 5.74) is 3.65. The summed E-state index contributed by atoms with van der Waals surface area (Å²) in [7, 11) is -1.36. The maximum atomic E-state index is 14.0. The van der Waals surface area contributed by atoms with Crippen LogP contribution < -0.4 is 20.9 Å². The van der Waals surface area contributed by atoms with Crippen molar-refractivity contribution in [3.05, 3.63) is 46.4 Å². The number of ether oxygens (including phenoxy) is 2. The van der Waals surface area contributed by atoms with E-state index >= 15 is 0 Å². The molecule has 2 N–H and O–H groups in total. The first kappa shape index (κ1) is 25.1. The second kappa shape index (κ2) is 10.2. The molecule has 0 spiro atoms. The number of nitrogens with two attached hydrogens (primary N) is 1. The lowest BCUT2D eigenvalue weighted by Crippen LogP contribution is -2.40. The molecule has 11 heteroatoms. The number of anilines is 2. The van der Waals surface area contributed by atoms with E-state index in [0.717, 1.165) is 16.9 Å².